The van der Waals surface area contributed by atoms with E-state index in [0.29, 0.717) is 0 Å². The molecule has 28 heavy (non-hydrogen) atoms. The molecule has 1 fully saturated rings. The Balaban J connectivity index is 2.37. The summed E-state index contributed by atoms with van der Waals surface area (Å²) in [7, 11) is 1.69. The summed E-state index contributed by atoms with van der Waals surface area (Å²) >= 11 is 1.58. The van der Waals surface area contributed by atoms with E-state index < -0.39 is 0 Å². The average Bonchev–Trinajstić information content (AvgIpc) is 3.49. The van der Waals surface area contributed by atoms with Gasteiger partial charge in [0.2, 0.25) is 0 Å². The summed E-state index contributed by atoms with van der Waals surface area (Å²) in [6.45, 7) is 22.8. The maximum atomic E-state index is 5.50. The predicted octanol–water partition coefficient (Wildman–Crippen LogP) is 7.19. The molecule has 0 aliphatic heterocycles. The Bertz CT molecular complexity index is 854. The van der Waals surface area contributed by atoms with Gasteiger partial charge in [-0.25, -0.2) is 0 Å². The van der Waals surface area contributed by atoms with Crippen LogP contribution in [0.3, 0.4) is 0 Å². The van der Waals surface area contributed by atoms with Gasteiger partial charge >= 0.3 is 0 Å². The molecule has 1 aliphatic rings. The van der Waals surface area contributed by atoms with E-state index in [1.54, 1.807) is 18.9 Å². The minimum absolute atomic E-state index is 0.0153. The van der Waals surface area contributed by atoms with E-state index in [0.717, 1.165) is 56.5 Å². The van der Waals surface area contributed by atoms with Crippen molar-refractivity contribution in [2.75, 3.05) is 7.11 Å². The summed E-state index contributed by atoms with van der Waals surface area (Å²) in [5, 5.41) is 4.24. The number of thioether (sulfide) groups is 1. The normalized spacial score (nSPS) is 16.3. The maximum Gasteiger partial charge on any atom is 0.0965 e. The van der Waals surface area contributed by atoms with Crippen molar-refractivity contribution in [2.45, 2.75) is 33.6 Å². The predicted molar refractivity (Wildman–Crippen MR) is 124 cm³/mol. The lowest BCUT2D eigenvalue weighted by atomic mass is 9.95. The van der Waals surface area contributed by atoms with Crippen molar-refractivity contribution in [3.05, 3.63) is 101 Å². The SMILES string of the molecule is C=C/C(=C(SC(=C)NC(=C)C1(C(=C)C)CC1)\C(C)=C(/C)OC)c1ccccc1. The molecule has 1 aromatic carbocycles. The Morgan fingerprint density at radius 2 is 1.71 bits per heavy atom. The lowest BCUT2D eigenvalue weighted by Crippen LogP contribution is -2.19. The highest BCUT2D eigenvalue weighted by Gasteiger charge is 2.46. The van der Waals surface area contributed by atoms with E-state index in [2.05, 4.69) is 57.6 Å². The molecular formula is C25H31NOS. The van der Waals surface area contributed by atoms with Crippen LogP contribution in [0.2, 0.25) is 0 Å². The lowest BCUT2D eigenvalue weighted by Gasteiger charge is -2.23. The Morgan fingerprint density at radius 3 is 2.18 bits per heavy atom. The largest absolute Gasteiger partial charge is 0.501 e. The Hall–Kier alpha value is -2.39. The van der Waals surface area contributed by atoms with Crippen molar-refractivity contribution in [1.29, 1.82) is 0 Å². The lowest BCUT2D eigenvalue weighted by molar-refractivity contribution is 0.290. The molecular weight excluding hydrogens is 362 g/mol. The summed E-state index contributed by atoms with van der Waals surface area (Å²) in [4.78, 5) is 1.06. The summed E-state index contributed by atoms with van der Waals surface area (Å²) < 4.78 is 5.50. The summed E-state index contributed by atoms with van der Waals surface area (Å²) in [5.41, 5.74) is 5.36. The first kappa shape index (κ1) is 21.9. The quantitative estimate of drug-likeness (QED) is 0.258. The molecule has 0 unspecified atom stereocenters. The van der Waals surface area contributed by atoms with Gasteiger partial charge in [-0.1, -0.05) is 80.1 Å². The summed E-state index contributed by atoms with van der Waals surface area (Å²) in [6, 6.07) is 10.2. The van der Waals surface area contributed by atoms with Crippen molar-refractivity contribution in [1.82, 2.24) is 5.32 Å². The van der Waals surface area contributed by atoms with E-state index in [9.17, 15) is 0 Å². The number of hydrogen-bond donors (Lipinski definition) is 1. The second kappa shape index (κ2) is 9.20. The van der Waals surface area contributed by atoms with Crippen LogP contribution in [0.15, 0.2) is 95.3 Å². The first-order valence-electron chi connectivity index (χ1n) is 9.40. The third kappa shape index (κ3) is 4.71. The second-order valence-electron chi connectivity index (χ2n) is 7.19. The molecule has 1 N–H and O–H groups in total. The fourth-order valence-corrected chi connectivity index (χ4v) is 4.18. The maximum absolute atomic E-state index is 5.50. The molecule has 148 valence electrons. The third-order valence-corrected chi connectivity index (χ3v) is 6.45. The van der Waals surface area contributed by atoms with Gasteiger partial charge in [-0.05, 0) is 44.7 Å². The monoisotopic (exact) mass is 393 g/mol. The number of allylic oxidation sites excluding steroid dienone is 5. The first-order valence-corrected chi connectivity index (χ1v) is 10.2. The van der Waals surface area contributed by atoms with E-state index in [4.69, 9.17) is 4.74 Å². The molecule has 0 aromatic heterocycles. The van der Waals surface area contributed by atoms with E-state index >= 15 is 0 Å². The molecule has 0 bridgehead atoms. The molecule has 0 amide bonds. The van der Waals surface area contributed by atoms with Crippen molar-refractivity contribution in [3.8, 4) is 0 Å². The Morgan fingerprint density at radius 1 is 1.11 bits per heavy atom. The van der Waals surface area contributed by atoms with Crippen molar-refractivity contribution in [2.24, 2.45) is 5.41 Å². The Labute approximate surface area is 174 Å². The van der Waals surface area contributed by atoms with Crippen molar-refractivity contribution in [3.63, 3.8) is 0 Å². The number of benzene rings is 1. The number of ether oxygens (including phenoxy) is 1. The first-order chi connectivity index (χ1) is 13.3. The highest BCUT2D eigenvalue weighted by Crippen LogP contribution is 2.55. The summed E-state index contributed by atoms with van der Waals surface area (Å²) in [5.74, 6) is 0.866. The molecule has 0 saturated heterocycles. The minimum Gasteiger partial charge on any atom is -0.501 e. The molecule has 1 aliphatic carbocycles. The molecule has 0 spiro atoms. The van der Waals surface area contributed by atoms with Gasteiger partial charge < -0.3 is 10.1 Å². The van der Waals surface area contributed by atoms with Gasteiger partial charge in [0.15, 0.2) is 0 Å². The van der Waals surface area contributed by atoms with Gasteiger partial charge in [-0.3, -0.25) is 0 Å². The average molecular weight is 394 g/mol. The van der Waals surface area contributed by atoms with Crippen molar-refractivity contribution < 1.29 is 4.74 Å². The molecule has 0 atom stereocenters. The number of methoxy groups -OCH3 is 1. The van der Waals surface area contributed by atoms with Gasteiger partial charge in [0, 0.05) is 21.6 Å². The fraction of sp³-hybridized carbons (Fsp3) is 0.280. The molecule has 0 radical (unpaired) electrons. The van der Waals surface area contributed by atoms with Gasteiger partial charge in [-0.2, -0.15) is 0 Å². The van der Waals surface area contributed by atoms with Gasteiger partial charge in [0.1, 0.15) is 0 Å². The van der Waals surface area contributed by atoms with Crippen LogP contribution >= 0.6 is 11.8 Å². The zero-order valence-electron chi connectivity index (χ0n) is 17.5. The van der Waals surface area contributed by atoms with E-state index in [1.807, 2.05) is 31.2 Å². The van der Waals surface area contributed by atoms with Crippen molar-refractivity contribution >= 4 is 17.3 Å². The molecule has 2 nitrogen and oxygen atoms in total. The highest BCUT2D eigenvalue weighted by molar-refractivity contribution is 8.07. The second-order valence-corrected chi connectivity index (χ2v) is 8.29. The minimum atomic E-state index is 0.0153. The number of nitrogens with one attached hydrogen (secondary N) is 1. The smallest absolute Gasteiger partial charge is 0.0965 e. The van der Waals surface area contributed by atoms with Crippen LogP contribution in [0.5, 0.6) is 0 Å². The molecule has 3 heteroatoms. The van der Waals surface area contributed by atoms with E-state index in [1.165, 1.54) is 0 Å². The van der Waals surface area contributed by atoms with Gasteiger partial charge in [0.05, 0.1) is 17.9 Å². The third-order valence-electron chi connectivity index (χ3n) is 5.37. The van der Waals surface area contributed by atoms with Gasteiger partial charge in [0.25, 0.3) is 0 Å². The van der Waals surface area contributed by atoms with Crippen LogP contribution in [-0.4, -0.2) is 7.11 Å². The van der Waals surface area contributed by atoms with Crippen LogP contribution in [0.25, 0.3) is 5.57 Å². The molecule has 2 rings (SSSR count). The molecule has 1 aromatic rings. The highest BCUT2D eigenvalue weighted by atomic mass is 32.2. The number of rotatable bonds is 10. The van der Waals surface area contributed by atoms with Crippen LogP contribution in [0.1, 0.15) is 39.2 Å². The van der Waals surface area contributed by atoms with Crippen LogP contribution in [0.4, 0.5) is 0 Å². The van der Waals surface area contributed by atoms with Crippen LogP contribution in [0, 0.1) is 5.41 Å². The fourth-order valence-electron chi connectivity index (χ4n) is 3.15. The Kier molecular flexibility index (Phi) is 7.20. The summed E-state index contributed by atoms with van der Waals surface area (Å²) in [6.07, 6.45) is 4.08. The standard InChI is InChI=1S/C25H31NOS/c1-9-23(22-13-11-10-12-14-22)24(18(4)19(5)27-8)28-21(7)26-20(6)25(15-16-25)17(2)3/h9-14,26H,1-2,6-7,15-16H2,3-5,8H3/b19-18+,24-23-. The molecule has 1 saturated carbocycles. The zero-order valence-corrected chi connectivity index (χ0v) is 18.3. The zero-order chi connectivity index (χ0) is 20.9. The van der Waals surface area contributed by atoms with Crippen LogP contribution in [-0.2, 0) is 4.74 Å². The number of hydrogen-bond acceptors (Lipinski definition) is 3. The molecule has 0 heterocycles. The van der Waals surface area contributed by atoms with Crippen LogP contribution < -0.4 is 5.32 Å². The van der Waals surface area contributed by atoms with Gasteiger partial charge in [-0.15, -0.1) is 0 Å². The topological polar surface area (TPSA) is 21.3 Å². The van der Waals surface area contributed by atoms with E-state index in [-0.39, 0.29) is 5.41 Å².